The largest absolute Gasteiger partial charge is 0.496 e. The van der Waals surface area contributed by atoms with Gasteiger partial charge in [-0.15, -0.1) is 0 Å². The number of fused-ring (bicyclic) bond motifs is 5. The zero-order valence-corrected chi connectivity index (χ0v) is 14.1. The van der Waals surface area contributed by atoms with Crippen molar-refractivity contribution in [2.75, 3.05) is 7.11 Å². The molecule has 0 unspecified atom stereocenters. The summed E-state index contributed by atoms with van der Waals surface area (Å²) >= 11 is 0. The van der Waals surface area contributed by atoms with E-state index in [2.05, 4.69) is 30.3 Å². The van der Waals surface area contributed by atoms with Crippen LogP contribution in [0.2, 0.25) is 0 Å². The average molecular weight is 312 g/mol. The molecule has 4 atom stereocenters. The van der Waals surface area contributed by atoms with Crippen LogP contribution in [-0.2, 0) is 6.42 Å². The predicted octanol–water partition coefficient (Wildman–Crippen LogP) is 4.57. The first-order chi connectivity index (χ1) is 11.2. The minimum absolute atomic E-state index is 0.108. The first-order valence-corrected chi connectivity index (χ1v) is 8.97. The van der Waals surface area contributed by atoms with Crippen LogP contribution in [0.15, 0.2) is 17.3 Å². The molecule has 0 amide bonds. The van der Waals surface area contributed by atoms with Gasteiger partial charge in [0.1, 0.15) is 5.75 Å². The van der Waals surface area contributed by atoms with Crippen molar-refractivity contribution < 1.29 is 9.94 Å². The first-order valence-electron chi connectivity index (χ1n) is 8.97. The highest BCUT2D eigenvalue weighted by molar-refractivity contribution is 5.90. The Bertz CT molecular complexity index is 639. The molecule has 23 heavy (non-hydrogen) atoms. The molecule has 1 aromatic carbocycles. The normalized spacial score (nSPS) is 37.7. The molecule has 3 aliphatic carbocycles. The summed E-state index contributed by atoms with van der Waals surface area (Å²) in [5.41, 5.74) is 4.11. The molecule has 0 aliphatic heterocycles. The summed E-state index contributed by atoms with van der Waals surface area (Å²) in [6.07, 6.45) is 8.16. The van der Waals surface area contributed by atoms with Crippen LogP contribution >= 0.6 is 0 Å². The van der Waals surface area contributed by atoms with Crippen molar-refractivity contribution in [1.82, 2.24) is 0 Å². The monoisotopic (exact) mass is 312 g/mol. The van der Waals surface area contributed by atoms with E-state index in [0.717, 1.165) is 30.7 Å². The van der Waals surface area contributed by atoms with Gasteiger partial charge >= 0.3 is 0 Å². The minimum atomic E-state index is 0.108. The highest BCUT2D eigenvalue weighted by Gasteiger charge is 2.51. The molecule has 1 radical (unpaired) electrons. The van der Waals surface area contributed by atoms with E-state index in [1.54, 1.807) is 7.11 Å². The fourth-order valence-electron chi connectivity index (χ4n) is 5.75. The van der Waals surface area contributed by atoms with Gasteiger partial charge in [0.2, 0.25) is 0 Å². The quantitative estimate of drug-likeness (QED) is 0.609. The van der Waals surface area contributed by atoms with E-state index in [1.165, 1.54) is 36.8 Å². The Labute approximate surface area is 138 Å². The van der Waals surface area contributed by atoms with Gasteiger partial charge in [0.05, 0.1) is 12.8 Å². The van der Waals surface area contributed by atoms with E-state index in [1.807, 2.05) is 0 Å². The number of ether oxygens (including phenoxy) is 1. The lowest BCUT2D eigenvalue weighted by atomic mass is 9.50. The van der Waals surface area contributed by atoms with E-state index in [9.17, 15) is 5.21 Å². The van der Waals surface area contributed by atoms with Crippen molar-refractivity contribution in [3.63, 3.8) is 0 Å². The van der Waals surface area contributed by atoms with E-state index in [-0.39, 0.29) is 5.41 Å². The van der Waals surface area contributed by atoms with Gasteiger partial charge in [0.15, 0.2) is 0 Å². The summed E-state index contributed by atoms with van der Waals surface area (Å²) in [4.78, 5) is 0. The lowest BCUT2D eigenvalue weighted by molar-refractivity contribution is 0.0599. The molecule has 3 heteroatoms. The van der Waals surface area contributed by atoms with Crippen molar-refractivity contribution >= 4 is 5.71 Å². The lowest BCUT2D eigenvalue weighted by Gasteiger charge is -2.54. The third-order valence-electron chi connectivity index (χ3n) is 6.95. The van der Waals surface area contributed by atoms with Crippen LogP contribution in [0.5, 0.6) is 5.75 Å². The third-order valence-corrected chi connectivity index (χ3v) is 6.95. The molecule has 0 bridgehead atoms. The Hall–Kier alpha value is -1.51. The highest BCUT2D eigenvalue weighted by atomic mass is 16.5. The molecule has 1 N–H and O–H groups in total. The number of rotatable bonds is 1. The Morgan fingerprint density at radius 2 is 2.17 bits per heavy atom. The standard InChI is InChI=1S/C20H26NO2/c1-20-11-10-15-16(18(20)4-3-5-19(20)21-22)9-7-13-6-8-14(23-2)12-17(13)15/h6,12,15-16,18,22H,3-5,7,9-11H2,1-2H3/b21-19+/t15-,16+,18-,20-/m0/s1. The minimum Gasteiger partial charge on any atom is -0.496 e. The molecular formula is C20H26NO2. The molecular weight excluding hydrogens is 286 g/mol. The van der Waals surface area contributed by atoms with Crippen LogP contribution in [-0.4, -0.2) is 18.0 Å². The Morgan fingerprint density at radius 1 is 1.30 bits per heavy atom. The van der Waals surface area contributed by atoms with E-state index < -0.39 is 0 Å². The number of hydrogen-bond donors (Lipinski definition) is 1. The van der Waals surface area contributed by atoms with Gasteiger partial charge < -0.3 is 9.94 Å². The van der Waals surface area contributed by atoms with Gasteiger partial charge in [0, 0.05) is 11.5 Å². The molecule has 3 nitrogen and oxygen atoms in total. The van der Waals surface area contributed by atoms with Crippen LogP contribution < -0.4 is 4.74 Å². The molecule has 4 rings (SSSR count). The number of nitrogens with zero attached hydrogens (tertiary/aromatic N) is 1. The van der Waals surface area contributed by atoms with Crippen LogP contribution in [0, 0.1) is 23.3 Å². The highest BCUT2D eigenvalue weighted by Crippen LogP contribution is 2.58. The number of oxime groups is 1. The Balaban J connectivity index is 1.71. The summed E-state index contributed by atoms with van der Waals surface area (Å²) in [6, 6.07) is 7.61. The Kier molecular flexibility index (Phi) is 3.62. The second-order valence-corrected chi connectivity index (χ2v) is 7.79. The molecule has 123 valence electrons. The topological polar surface area (TPSA) is 41.8 Å². The number of methoxy groups -OCH3 is 1. The van der Waals surface area contributed by atoms with Gasteiger partial charge in [-0.3, -0.25) is 0 Å². The summed E-state index contributed by atoms with van der Waals surface area (Å²) in [7, 11) is 1.72. The number of hydrogen-bond acceptors (Lipinski definition) is 3. The molecule has 2 saturated carbocycles. The zero-order chi connectivity index (χ0) is 16.0. The summed E-state index contributed by atoms with van der Waals surface area (Å²) in [5, 5.41) is 13.2. The van der Waals surface area contributed by atoms with Crippen molar-refractivity contribution in [3.05, 3.63) is 29.3 Å². The fraction of sp³-hybridized carbons (Fsp3) is 0.650. The Morgan fingerprint density at radius 3 is 2.96 bits per heavy atom. The maximum Gasteiger partial charge on any atom is 0.127 e. The van der Waals surface area contributed by atoms with Gasteiger partial charge in [-0.25, -0.2) is 0 Å². The molecule has 0 heterocycles. The summed E-state index contributed by atoms with van der Waals surface area (Å²) in [6.45, 7) is 2.34. The van der Waals surface area contributed by atoms with E-state index >= 15 is 0 Å². The van der Waals surface area contributed by atoms with E-state index in [4.69, 9.17) is 4.74 Å². The van der Waals surface area contributed by atoms with Crippen molar-refractivity contribution in [1.29, 1.82) is 0 Å². The van der Waals surface area contributed by atoms with Gasteiger partial charge in [-0.05, 0) is 86.0 Å². The third kappa shape index (κ3) is 2.20. The van der Waals surface area contributed by atoms with Crippen molar-refractivity contribution in [3.8, 4) is 5.75 Å². The fourth-order valence-corrected chi connectivity index (χ4v) is 5.75. The number of benzene rings is 1. The maximum atomic E-state index is 9.48. The van der Waals surface area contributed by atoms with Crippen molar-refractivity contribution in [2.24, 2.45) is 22.4 Å². The molecule has 2 fully saturated rings. The maximum absolute atomic E-state index is 9.48. The number of aryl methyl sites for hydroxylation is 1. The molecule has 0 saturated heterocycles. The molecule has 3 aliphatic rings. The second kappa shape index (κ2) is 5.54. The molecule has 0 spiro atoms. The smallest absolute Gasteiger partial charge is 0.127 e. The summed E-state index contributed by atoms with van der Waals surface area (Å²) in [5.74, 6) is 2.87. The van der Waals surface area contributed by atoms with Crippen LogP contribution in [0.3, 0.4) is 0 Å². The van der Waals surface area contributed by atoms with Crippen LogP contribution in [0.4, 0.5) is 0 Å². The first kappa shape index (κ1) is 15.0. The molecule has 0 aromatic heterocycles. The molecule has 1 aromatic rings. The average Bonchev–Trinajstić information content (AvgIpc) is 2.59. The second-order valence-electron chi connectivity index (χ2n) is 7.79. The zero-order valence-electron chi connectivity index (χ0n) is 14.1. The van der Waals surface area contributed by atoms with Crippen LogP contribution in [0.1, 0.15) is 62.5 Å². The van der Waals surface area contributed by atoms with Gasteiger partial charge in [0.25, 0.3) is 0 Å². The summed E-state index contributed by atoms with van der Waals surface area (Å²) < 4.78 is 5.41. The van der Waals surface area contributed by atoms with Crippen LogP contribution in [0.25, 0.3) is 0 Å². The van der Waals surface area contributed by atoms with E-state index in [0.29, 0.717) is 17.8 Å². The lowest BCUT2D eigenvalue weighted by Crippen LogP contribution is -2.49. The predicted molar refractivity (Wildman–Crippen MR) is 90.3 cm³/mol. The van der Waals surface area contributed by atoms with Gasteiger partial charge in [-0.2, -0.15) is 0 Å². The SMILES string of the molecule is COc1[c]cc2c(c1)[C@H]1CC[C@]3(C)/C(=N/O)CCC[C@H]3[C@@H]1CC2. The van der Waals surface area contributed by atoms with Crippen molar-refractivity contribution in [2.45, 2.75) is 57.8 Å². The van der Waals surface area contributed by atoms with Gasteiger partial charge in [-0.1, -0.05) is 12.1 Å².